The van der Waals surface area contributed by atoms with Crippen LogP contribution in [0.15, 0.2) is 76.6 Å². The van der Waals surface area contributed by atoms with Gasteiger partial charge in [-0.2, -0.15) is 0 Å². The second-order valence-electron chi connectivity index (χ2n) is 16.0. The fourth-order valence-corrected chi connectivity index (χ4v) is 9.43. The number of nitrogens with zero attached hydrogens (tertiary/aromatic N) is 1. The Labute approximate surface area is 362 Å². The third-order valence-corrected chi connectivity index (χ3v) is 12.9. The number of esters is 1. The van der Waals surface area contributed by atoms with Crippen LogP contribution in [0.4, 0.5) is 4.79 Å². The van der Waals surface area contributed by atoms with E-state index < -0.39 is 28.1 Å². The highest BCUT2D eigenvalue weighted by Crippen LogP contribution is 2.45. The molecular weight excluding hydrogens is 815 g/mol. The van der Waals surface area contributed by atoms with Crippen LogP contribution in [-0.2, 0) is 42.1 Å². The molecule has 6 rings (SSSR count). The summed E-state index contributed by atoms with van der Waals surface area (Å²) in [5, 5.41) is 5.15. The first-order valence-corrected chi connectivity index (χ1v) is 21.9. The van der Waals surface area contributed by atoms with E-state index in [1.54, 1.807) is 32.0 Å². The molecule has 1 aliphatic carbocycles. The second-order valence-corrected chi connectivity index (χ2v) is 17.6. The van der Waals surface area contributed by atoms with Crippen LogP contribution in [-0.4, -0.2) is 77.9 Å². The molecule has 0 bridgehead atoms. The maximum atomic E-state index is 13.8. The molecule has 0 fully saturated rings. The Morgan fingerprint density at radius 2 is 1.63 bits per heavy atom. The molecule has 2 amide bonds. The minimum absolute atomic E-state index is 0.0138. The van der Waals surface area contributed by atoms with Gasteiger partial charge >= 0.3 is 12.1 Å². The number of hydrogen-bond donors (Lipinski definition) is 4. The summed E-state index contributed by atoms with van der Waals surface area (Å²) in [6.45, 7) is 9.03. The quantitative estimate of drug-likeness (QED) is 0.0453. The Kier molecular flexibility index (Phi) is 14.0. The zero-order valence-corrected chi connectivity index (χ0v) is 37.0. The number of nitrogens with two attached hydrogens (primary N) is 1. The Bertz CT molecular complexity index is 2440. The number of nitrogens with one attached hydrogen (secondary N) is 3. The van der Waals surface area contributed by atoms with E-state index in [0.717, 1.165) is 45.6 Å². The molecule has 5 N–H and O–H groups in total. The molecule has 15 nitrogen and oxygen atoms in total. The van der Waals surface area contributed by atoms with Gasteiger partial charge in [0.2, 0.25) is 5.96 Å². The molecule has 0 radical (unpaired) electrons. The molecule has 1 heterocycles. The highest BCUT2D eigenvalue weighted by molar-refractivity contribution is 7.90. The molecule has 0 saturated carbocycles. The topological polar surface area (TPSA) is 206 Å². The minimum atomic E-state index is -4.13. The van der Waals surface area contributed by atoms with E-state index in [0.29, 0.717) is 34.6 Å². The van der Waals surface area contributed by atoms with E-state index in [-0.39, 0.29) is 67.5 Å². The third kappa shape index (κ3) is 10.2. The lowest BCUT2D eigenvalue weighted by Crippen LogP contribution is -2.42. The van der Waals surface area contributed by atoms with Gasteiger partial charge in [0.15, 0.2) is 6.61 Å². The van der Waals surface area contributed by atoms with Crippen LogP contribution >= 0.6 is 0 Å². The maximum Gasteiger partial charge on any atom is 0.407 e. The lowest BCUT2D eigenvalue weighted by atomic mass is 9.88. The van der Waals surface area contributed by atoms with Gasteiger partial charge in [0.05, 0.1) is 12.0 Å². The van der Waals surface area contributed by atoms with Crippen molar-refractivity contribution in [3.63, 3.8) is 0 Å². The summed E-state index contributed by atoms with van der Waals surface area (Å²) in [6.07, 6.45) is 0.844. The molecule has 1 atom stereocenters. The smallest absolute Gasteiger partial charge is 0.407 e. The number of ether oxygens (including phenoxy) is 5. The number of aliphatic imine (C=N–C) groups is 1. The monoisotopic (exact) mass is 869 g/mol. The fraction of sp³-hybridized carbons (Fsp3) is 0.391. The van der Waals surface area contributed by atoms with Gasteiger partial charge in [0.25, 0.3) is 15.9 Å². The van der Waals surface area contributed by atoms with Crippen molar-refractivity contribution in [2.75, 3.05) is 33.9 Å². The number of methoxy groups -OCH3 is 1. The second kappa shape index (κ2) is 19.2. The summed E-state index contributed by atoms with van der Waals surface area (Å²) in [7, 11) is -1.18. The Morgan fingerprint density at radius 3 is 2.29 bits per heavy atom. The molecule has 0 unspecified atom stereocenters. The van der Waals surface area contributed by atoms with Gasteiger partial charge < -0.3 is 40.1 Å². The van der Waals surface area contributed by atoms with Crippen molar-refractivity contribution in [3.8, 4) is 28.4 Å². The van der Waals surface area contributed by atoms with Crippen molar-refractivity contribution in [2.24, 2.45) is 10.7 Å². The number of carbonyl (C=O) groups is 3. The van der Waals surface area contributed by atoms with E-state index in [4.69, 9.17) is 29.4 Å². The highest BCUT2D eigenvalue weighted by atomic mass is 32.2. The number of guanidine groups is 1. The summed E-state index contributed by atoms with van der Waals surface area (Å²) in [5.41, 5.74) is 13.3. The first-order valence-electron chi connectivity index (χ1n) is 20.5. The zero-order chi connectivity index (χ0) is 44.8. The van der Waals surface area contributed by atoms with Crippen molar-refractivity contribution in [1.29, 1.82) is 0 Å². The number of amides is 2. The predicted molar refractivity (Wildman–Crippen MR) is 234 cm³/mol. The van der Waals surface area contributed by atoms with E-state index in [2.05, 4.69) is 20.3 Å². The first kappa shape index (κ1) is 45.2. The summed E-state index contributed by atoms with van der Waals surface area (Å²) >= 11 is 0. The van der Waals surface area contributed by atoms with Crippen molar-refractivity contribution >= 4 is 34.0 Å². The summed E-state index contributed by atoms with van der Waals surface area (Å²) < 4.78 is 58.6. The van der Waals surface area contributed by atoms with Gasteiger partial charge in [-0.1, -0.05) is 48.5 Å². The molecule has 1 aliphatic heterocycles. The first-order chi connectivity index (χ1) is 29.5. The van der Waals surface area contributed by atoms with Crippen LogP contribution in [0.5, 0.6) is 17.2 Å². The lowest BCUT2D eigenvalue weighted by molar-refractivity contribution is -0.147. The van der Waals surface area contributed by atoms with Crippen LogP contribution in [0.1, 0.15) is 78.0 Å². The van der Waals surface area contributed by atoms with Gasteiger partial charge in [-0.15, -0.1) is 0 Å². The standard InChI is InChI=1S/C46H55N5O10S/c1-27-28(2)42(29(3)32-20-21-46(4,5)61-41(27)32)62(55,56)51-44(47)49-22-12-17-38(43(53)59-24-30-18-19-31(23-39(30)57-7)58-26-40(52)48-6)50-45(54)60-25-37-35-15-10-8-13-33(35)34-14-9-11-16-36(34)37/h8-11,13-16,18-19,23,37-38H,12,17,20-22,24-26H2,1-7H3,(H,48,52)(H,50,54)(H3,47,49,51)/t38-/m0/s1. The van der Waals surface area contributed by atoms with Crippen molar-refractivity contribution in [3.05, 3.63) is 106 Å². The fourth-order valence-electron chi connectivity index (χ4n) is 7.90. The van der Waals surface area contributed by atoms with Crippen molar-refractivity contribution < 1.29 is 46.5 Å². The highest BCUT2D eigenvalue weighted by Gasteiger charge is 2.34. The van der Waals surface area contributed by atoms with Gasteiger partial charge in [-0.05, 0) is 117 Å². The average Bonchev–Trinajstić information content (AvgIpc) is 3.56. The van der Waals surface area contributed by atoms with Crippen LogP contribution in [0.25, 0.3) is 11.1 Å². The molecule has 16 heteroatoms. The van der Waals surface area contributed by atoms with Crippen molar-refractivity contribution in [1.82, 2.24) is 15.4 Å². The number of alkyl carbamates (subject to hydrolysis) is 1. The molecule has 0 spiro atoms. The largest absolute Gasteiger partial charge is 0.496 e. The molecule has 2 aliphatic rings. The van der Waals surface area contributed by atoms with E-state index in [9.17, 15) is 22.8 Å². The SMILES string of the molecule is CNC(=O)COc1ccc(COC(=O)[C@H](CCCN=C(N)NS(=O)(=O)c2c(C)c(C)c3c(c2C)CCC(C)(C)O3)NC(=O)OCC2c3ccccc3-c3ccccc32)c(OC)c1. The number of likely N-dealkylation sites (N-methyl/N-ethyl adjacent to an activating group) is 1. The van der Waals surface area contributed by atoms with E-state index in [1.165, 1.54) is 14.2 Å². The minimum Gasteiger partial charge on any atom is -0.496 e. The normalized spacial score (nSPS) is 14.6. The summed E-state index contributed by atoms with van der Waals surface area (Å²) in [4.78, 5) is 43.1. The molecule has 0 aromatic heterocycles. The Balaban J connectivity index is 1.13. The number of rotatable bonds is 16. The van der Waals surface area contributed by atoms with Crippen LogP contribution in [0.2, 0.25) is 0 Å². The third-order valence-electron chi connectivity index (χ3n) is 11.3. The average molecular weight is 870 g/mol. The molecule has 330 valence electrons. The number of hydrogen-bond acceptors (Lipinski definition) is 11. The Morgan fingerprint density at radius 1 is 0.952 bits per heavy atom. The van der Waals surface area contributed by atoms with Gasteiger partial charge in [-0.25, -0.2) is 22.7 Å². The number of sulfonamides is 1. The molecule has 62 heavy (non-hydrogen) atoms. The van der Waals surface area contributed by atoms with Crippen molar-refractivity contribution in [2.45, 2.75) is 89.4 Å². The van der Waals surface area contributed by atoms with Gasteiger partial charge in [0.1, 0.15) is 42.1 Å². The van der Waals surface area contributed by atoms with E-state index in [1.807, 2.05) is 69.3 Å². The Hall–Kier alpha value is -6.29. The number of carbonyl (C=O) groups excluding carboxylic acids is 3. The predicted octanol–water partition coefficient (Wildman–Crippen LogP) is 5.87. The van der Waals surface area contributed by atoms with E-state index >= 15 is 0 Å². The lowest BCUT2D eigenvalue weighted by Gasteiger charge is -2.35. The number of benzene rings is 4. The zero-order valence-electron chi connectivity index (χ0n) is 36.2. The van der Waals surface area contributed by atoms with Gasteiger partial charge in [0, 0.05) is 31.1 Å². The summed E-state index contributed by atoms with van der Waals surface area (Å²) in [5.74, 6) is -0.133. The molecule has 0 saturated heterocycles. The van der Waals surface area contributed by atoms with Gasteiger partial charge in [-0.3, -0.25) is 9.79 Å². The number of fused-ring (bicyclic) bond motifs is 4. The molecular formula is C46H55N5O10S. The molecule has 4 aromatic carbocycles. The van der Waals surface area contributed by atoms with Crippen LogP contribution in [0.3, 0.4) is 0 Å². The molecule has 4 aromatic rings. The van der Waals surface area contributed by atoms with Crippen LogP contribution < -0.4 is 35.3 Å². The van der Waals surface area contributed by atoms with Crippen LogP contribution in [0, 0.1) is 20.8 Å². The maximum absolute atomic E-state index is 13.8. The summed E-state index contributed by atoms with van der Waals surface area (Å²) in [6, 6.07) is 19.6.